The van der Waals surface area contributed by atoms with Crippen molar-refractivity contribution in [2.45, 2.75) is 37.4 Å². The van der Waals surface area contributed by atoms with E-state index in [1.165, 1.54) is 17.5 Å². The van der Waals surface area contributed by atoms with Crippen LogP contribution in [0, 0.1) is 0 Å². The van der Waals surface area contributed by atoms with Gasteiger partial charge in [-0.05, 0) is 54.8 Å². The number of aliphatic hydroxyl groups is 1. The molecule has 0 amide bonds. The summed E-state index contributed by atoms with van der Waals surface area (Å²) in [5.41, 5.74) is 4.79. The van der Waals surface area contributed by atoms with Crippen LogP contribution in [0.3, 0.4) is 0 Å². The SMILES string of the molecule is COc1cccc(-c2ccc([C@H]3[C@H](CO)N4CCCCN(Cc5cncnc5)C[C@@H]34)cc2)c1. The Hall–Kier alpha value is -2.80. The first-order valence-corrected chi connectivity index (χ1v) is 11.8. The minimum Gasteiger partial charge on any atom is -0.497 e. The summed E-state index contributed by atoms with van der Waals surface area (Å²) in [6.07, 6.45) is 7.75. The Bertz CT molecular complexity index is 1040. The molecule has 3 atom stereocenters. The molecular formula is C27H32N4O2. The van der Waals surface area contributed by atoms with Crippen LogP contribution < -0.4 is 4.74 Å². The number of aromatic nitrogens is 2. The number of aliphatic hydroxyl groups excluding tert-OH is 1. The van der Waals surface area contributed by atoms with Gasteiger partial charge >= 0.3 is 0 Å². The number of ether oxygens (including phenoxy) is 1. The average molecular weight is 445 g/mol. The maximum absolute atomic E-state index is 10.2. The van der Waals surface area contributed by atoms with Crippen LogP contribution in [0.15, 0.2) is 67.3 Å². The van der Waals surface area contributed by atoms with Gasteiger partial charge in [0.1, 0.15) is 12.1 Å². The van der Waals surface area contributed by atoms with Crippen LogP contribution in [0.4, 0.5) is 0 Å². The van der Waals surface area contributed by atoms with Gasteiger partial charge in [0.2, 0.25) is 0 Å². The smallest absolute Gasteiger partial charge is 0.119 e. The van der Waals surface area contributed by atoms with Crippen molar-refractivity contribution in [3.8, 4) is 16.9 Å². The molecule has 2 saturated heterocycles. The molecule has 6 heteroatoms. The lowest BCUT2D eigenvalue weighted by molar-refractivity contribution is -0.0655. The fourth-order valence-electron chi connectivity index (χ4n) is 5.53. The number of fused-ring (bicyclic) bond motifs is 1. The first kappa shape index (κ1) is 22.0. The number of nitrogens with zero attached hydrogens (tertiary/aromatic N) is 4. The molecule has 0 bridgehead atoms. The zero-order valence-corrected chi connectivity index (χ0v) is 19.2. The van der Waals surface area contributed by atoms with Gasteiger partial charge in [-0.25, -0.2) is 9.97 Å². The topological polar surface area (TPSA) is 61.7 Å². The minimum atomic E-state index is 0.192. The predicted molar refractivity (Wildman–Crippen MR) is 129 cm³/mol. The van der Waals surface area contributed by atoms with Crippen LogP contribution in [-0.2, 0) is 6.54 Å². The maximum atomic E-state index is 10.2. The van der Waals surface area contributed by atoms with Crippen molar-refractivity contribution in [2.75, 3.05) is 33.4 Å². The van der Waals surface area contributed by atoms with Crippen LogP contribution in [0.2, 0.25) is 0 Å². The third kappa shape index (κ3) is 4.64. The van der Waals surface area contributed by atoms with Gasteiger partial charge < -0.3 is 9.84 Å². The Morgan fingerprint density at radius 3 is 2.55 bits per heavy atom. The molecule has 0 saturated carbocycles. The van der Waals surface area contributed by atoms with Crippen molar-refractivity contribution >= 4 is 0 Å². The molecular weight excluding hydrogens is 412 g/mol. The summed E-state index contributed by atoms with van der Waals surface area (Å²) in [4.78, 5) is 13.4. The molecule has 33 heavy (non-hydrogen) atoms. The highest BCUT2D eigenvalue weighted by Gasteiger charge is 2.49. The summed E-state index contributed by atoms with van der Waals surface area (Å²) in [6.45, 7) is 4.22. The third-order valence-corrected chi connectivity index (χ3v) is 7.17. The molecule has 0 aliphatic carbocycles. The fraction of sp³-hybridized carbons (Fsp3) is 0.407. The molecule has 3 aromatic rings. The number of methoxy groups -OCH3 is 1. The summed E-state index contributed by atoms with van der Waals surface area (Å²) in [5.74, 6) is 1.20. The number of benzene rings is 2. The van der Waals surface area contributed by atoms with Gasteiger partial charge in [-0.15, -0.1) is 0 Å². The molecule has 1 aromatic heterocycles. The van der Waals surface area contributed by atoms with E-state index in [0.717, 1.165) is 49.5 Å². The molecule has 1 N–H and O–H groups in total. The molecule has 2 aliphatic rings. The van der Waals surface area contributed by atoms with Crippen molar-refractivity contribution in [3.63, 3.8) is 0 Å². The highest BCUT2D eigenvalue weighted by atomic mass is 16.5. The Morgan fingerprint density at radius 1 is 1.00 bits per heavy atom. The van der Waals surface area contributed by atoms with Crippen LogP contribution in [-0.4, -0.2) is 70.3 Å². The summed E-state index contributed by atoms with van der Waals surface area (Å²) in [5, 5.41) is 10.2. The lowest BCUT2D eigenvalue weighted by Gasteiger charge is -2.57. The van der Waals surface area contributed by atoms with Crippen LogP contribution in [0.25, 0.3) is 11.1 Å². The highest BCUT2D eigenvalue weighted by molar-refractivity contribution is 5.65. The molecule has 2 aromatic carbocycles. The number of hydrogen-bond donors (Lipinski definition) is 1. The van der Waals surface area contributed by atoms with E-state index in [1.807, 2.05) is 24.5 Å². The molecule has 2 aliphatic heterocycles. The van der Waals surface area contributed by atoms with Gasteiger partial charge in [0.25, 0.3) is 0 Å². The van der Waals surface area contributed by atoms with Crippen molar-refractivity contribution in [1.29, 1.82) is 0 Å². The van der Waals surface area contributed by atoms with Gasteiger partial charge in [-0.2, -0.15) is 0 Å². The molecule has 3 heterocycles. The maximum Gasteiger partial charge on any atom is 0.119 e. The van der Waals surface area contributed by atoms with E-state index in [9.17, 15) is 5.11 Å². The molecule has 172 valence electrons. The van der Waals surface area contributed by atoms with E-state index >= 15 is 0 Å². The van der Waals surface area contributed by atoms with E-state index in [1.54, 1.807) is 13.4 Å². The monoisotopic (exact) mass is 444 g/mol. The van der Waals surface area contributed by atoms with Gasteiger partial charge in [0, 0.05) is 49.0 Å². The Balaban J connectivity index is 1.36. The van der Waals surface area contributed by atoms with E-state index in [2.05, 4.69) is 56.2 Å². The fourth-order valence-corrected chi connectivity index (χ4v) is 5.53. The first-order valence-electron chi connectivity index (χ1n) is 11.8. The van der Waals surface area contributed by atoms with E-state index in [4.69, 9.17) is 4.74 Å². The quantitative estimate of drug-likeness (QED) is 0.627. The molecule has 2 fully saturated rings. The average Bonchev–Trinajstić information content (AvgIpc) is 2.85. The highest BCUT2D eigenvalue weighted by Crippen LogP contribution is 2.42. The van der Waals surface area contributed by atoms with Crippen LogP contribution >= 0.6 is 0 Å². The third-order valence-electron chi connectivity index (χ3n) is 7.17. The molecule has 0 radical (unpaired) electrons. The predicted octanol–water partition coefficient (Wildman–Crippen LogP) is 3.58. The molecule has 5 rings (SSSR count). The minimum absolute atomic E-state index is 0.192. The largest absolute Gasteiger partial charge is 0.497 e. The number of rotatable bonds is 6. The normalized spacial score (nSPS) is 23.8. The van der Waals surface area contributed by atoms with Crippen LogP contribution in [0.1, 0.15) is 29.9 Å². The summed E-state index contributed by atoms with van der Waals surface area (Å²) >= 11 is 0. The van der Waals surface area contributed by atoms with Gasteiger partial charge in [-0.1, -0.05) is 36.4 Å². The lowest BCUT2D eigenvalue weighted by atomic mass is 9.74. The van der Waals surface area contributed by atoms with E-state index in [-0.39, 0.29) is 12.6 Å². The van der Waals surface area contributed by atoms with Gasteiger partial charge in [0.05, 0.1) is 13.7 Å². The second-order valence-corrected chi connectivity index (χ2v) is 9.12. The molecule has 0 unspecified atom stereocenters. The Labute approximate surface area is 195 Å². The lowest BCUT2D eigenvalue weighted by Crippen LogP contribution is -2.67. The Morgan fingerprint density at radius 2 is 1.79 bits per heavy atom. The first-order chi connectivity index (χ1) is 16.3. The number of hydrogen-bond acceptors (Lipinski definition) is 6. The van der Waals surface area contributed by atoms with Crippen molar-refractivity contribution in [2.24, 2.45) is 0 Å². The molecule has 0 spiro atoms. The molecule has 6 nitrogen and oxygen atoms in total. The van der Waals surface area contributed by atoms with Gasteiger partial charge in [0.15, 0.2) is 0 Å². The second-order valence-electron chi connectivity index (χ2n) is 9.12. The van der Waals surface area contributed by atoms with Crippen molar-refractivity contribution < 1.29 is 9.84 Å². The Kier molecular flexibility index (Phi) is 6.67. The summed E-state index contributed by atoms with van der Waals surface area (Å²) in [6, 6.07) is 17.7. The zero-order chi connectivity index (χ0) is 22.6. The summed E-state index contributed by atoms with van der Waals surface area (Å²) < 4.78 is 5.38. The van der Waals surface area contributed by atoms with E-state index < -0.39 is 0 Å². The van der Waals surface area contributed by atoms with Crippen molar-refractivity contribution in [3.05, 3.63) is 78.4 Å². The van der Waals surface area contributed by atoms with Crippen molar-refractivity contribution in [1.82, 2.24) is 19.8 Å². The summed E-state index contributed by atoms with van der Waals surface area (Å²) in [7, 11) is 1.70. The standard InChI is InChI=1S/C27H32N4O2/c1-33-24-6-4-5-23(13-24)21-7-9-22(10-8-21)27-25-17-30(16-20-14-28-19-29-15-20)11-2-3-12-31(25)26(27)18-32/h4-10,13-15,19,25-27,32H,2-3,11-12,16-18H2,1H3/t25-,26-,27+/m0/s1. The van der Waals surface area contributed by atoms with E-state index in [0.29, 0.717) is 12.0 Å². The van der Waals surface area contributed by atoms with Crippen LogP contribution in [0.5, 0.6) is 5.75 Å². The zero-order valence-electron chi connectivity index (χ0n) is 19.2. The van der Waals surface area contributed by atoms with Gasteiger partial charge in [-0.3, -0.25) is 9.80 Å². The second kappa shape index (κ2) is 10.00.